The summed E-state index contributed by atoms with van der Waals surface area (Å²) >= 11 is 0. The van der Waals surface area contributed by atoms with Gasteiger partial charge in [0.2, 0.25) is 0 Å². The third-order valence-corrected chi connectivity index (χ3v) is 3.11. The Morgan fingerprint density at radius 2 is 1.81 bits per heavy atom. The van der Waals surface area contributed by atoms with Gasteiger partial charge in [0.25, 0.3) is 5.91 Å². The summed E-state index contributed by atoms with van der Waals surface area (Å²) in [6.07, 6.45) is 0. The number of carbonyl (C=O) groups is 1. The minimum Gasteiger partial charge on any atom is -0.492 e. The van der Waals surface area contributed by atoms with Crippen molar-refractivity contribution in [3.8, 4) is 5.75 Å². The molecule has 2 rings (SSSR count). The van der Waals surface area contributed by atoms with Gasteiger partial charge >= 0.3 is 0 Å². The van der Waals surface area contributed by atoms with Gasteiger partial charge in [-0.15, -0.1) is 0 Å². The van der Waals surface area contributed by atoms with E-state index in [2.05, 4.69) is 10.6 Å². The Balaban J connectivity index is 2.01. The molecule has 2 N–H and O–H groups in total. The first kappa shape index (κ1) is 14.9. The quantitative estimate of drug-likeness (QED) is 0.857. The number of anilines is 1. The molecule has 4 heteroatoms. The van der Waals surface area contributed by atoms with Gasteiger partial charge in [0, 0.05) is 19.2 Å². The average molecular weight is 284 g/mol. The summed E-state index contributed by atoms with van der Waals surface area (Å²) in [5.74, 6) is 0.776. The van der Waals surface area contributed by atoms with Crippen molar-refractivity contribution in [1.29, 1.82) is 0 Å². The summed E-state index contributed by atoms with van der Waals surface area (Å²) in [5.41, 5.74) is 2.74. The van der Waals surface area contributed by atoms with Crippen molar-refractivity contribution in [3.63, 3.8) is 0 Å². The summed E-state index contributed by atoms with van der Waals surface area (Å²) in [6.45, 7) is 3.28. The van der Waals surface area contributed by atoms with Gasteiger partial charge in [0.1, 0.15) is 5.75 Å². The minimum absolute atomic E-state index is 0.0730. The van der Waals surface area contributed by atoms with Gasteiger partial charge in [0.05, 0.1) is 12.3 Å². The smallest absolute Gasteiger partial charge is 0.251 e. The van der Waals surface area contributed by atoms with Gasteiger partial charge in [-0.1, -0.05) is 24.3 Å². The van der Waals surface area contributed by atoms with E-state index in [0.717, 1.165) is 17.0 Å². The number of benzene rings is 2. The van der Waals surface area contributed by atoms with Crippen LogP contribution in [0.4, 0.5) is 5.69 Å². The lowest BCUT2D eigenvalue weighted by Gasteiger charge is -2.12. The van der Waals surface area contributed by atoms with Gasteiger partial charge in [0.15, 0.2) is 0 Å². The molecule has 0 saturated heterocycles. The summed E-state index contributed by atoms with van der Waals surface area (Å²) in [6, 6.07) is 15.4. The molecule has 1 amide bonds. The van der Waals surface area contributed by atoms with E-state index in [1.165, 1.54) is 0 Å². The van der Waals surface area contributed by atoms with Crippen molar-refractivity contribution in [2.45, 2.75) is 13.5 Å². The number of hydrogen-bond acceptors (Lipinski definition) is 3. The Kier molecular flexibility index (Phi) is 5.21. The van der Waals surface area contributed by atoms with Crippen molar-refractivity contribution in [2.24, 2.45) is 0 Å². The molecule has 2 aromatic carbocycles. The number of para-hydroxylation sites is 2. The van der Waals surface area contributed by atoms with Crippen LogP contribution in [0.3, 0.4) is 0 Å². The van der Waals surface area contributed by atoms with Crippen LogP contribution in [0.5, 0.6) is 5.75 Å². The molecule has 0 aliphatic rings. The van der Waals surface area contributed by atoms with Crippen LogP contribution in [0.1, 0.15) is 22.8 Å². The van der Waals surface area contributed by atoms with E-state index in [9.17, 15) is 4.79 Å². The highest BCUT2D eigenvalue weighted by Gasteiger charge is 2.04. The highest BCUT2D eigenvalue weighted by molar-refractivity contribution is 5.93. The zero-order chi connectivity index (χ0) is 15.1. The van der Waals surface area contributed by atoms with E-state index in [4.69, 9.17) is 4.74 Å². The standard InChI is InChI=1S/C17H20N2O2/c1-3-21-16-7-5-4-6-15(16)19-12-13-8-10-14(11-9-13)17(20)18-2/h4-11,19H,3,12H2,1-2H3,(H,18,20). The molecule has 0 aliphatic heterocycles. The van der Waals surface area contributed by atoms with Crippen LogP contribution in [0, 0.1) is 0 Å². The molecule has 0 radical (unpaired) electrons. The maximum absolute atomic E-state index is 11.5. The van der Waals surface area contributed by atoms with E-state index >= 15 is 0 Å². The molecule has 0 bridgehead atoms. The Bertz CT molecular complexity index is 594. The van der Waals surface area contributed by atoms with Crippen LogP contribution in [-0.4, -0.2) is 19.6 Å². The third-order valence-electron chi connectivity index (χ3n) is 3.11. The van der Waals surface area contributed by atoms with Gasteiger partial charge in [-0.05, 0) is 36.8 Å². The lowest BCUT2D eigenvalue weighted by Crippen LogP contribution is -2.17. The SMILES string of the molecule is CCOc1ccccc1NCc1ccc(C(=O)NC)cc1. The predicted molar refractivity (Wildman–Crippen MR) is 84.8 cm³/mol. The number of rotatable bonds is 6. The van der Waals surface area contributed by atoms with Crippen molar-refractivity contribution < 1.29 is 9.53 Å². The lowest BCUT2D eigenvalue weighted by atomic mass is 10.1. The first-order valence-corrected chi connectivity index (χ1v) is 7.01. The Hall–Kier alpha value is -2.49. The fourth-order valence-corrected chi connectivity index (χ4v) is 2.01. The van der Waals surface area contributed by atoms with E-state index in [1.54, 1.807) is 7.05 Å². The van der Waals surface area contributed by atoms with Gasteiger partial charge in [-0.25, -0.2) is 0 Å². The van der Waals surface area contributed by atoms with Crippen LogP contribution in [0.15, 0.2) is 48.5 Å². The first-order chi connectivity index (χ1) is 10.2. The average Bonchev–Trinajstić information content (AvgIpc) is 2.54. The van der Waals surface area contributed by atoms with Crippen LogP contribution in [0.25, 0.3) is 0 Å². The fourth-order valence-electron chi connectivity index (χ4n) is 2.01. The highest BCUT2D eigenvalue weighted by Crippen LogP contribution is 2.24. The highest BCUT2D eigenvalue weighted by atomic mass is 16.5. The van der Waals surface area contributed by atoms with E-state index in [0.29, 0.717) is 18.7 Å². The van der Waals surface area contributed by atoms with Crippen molar-refractivity contribution in [1.82, 2.24) is 5.32 Å². The molecule has 0 aromatic heterocycles. The number of carbonyl (C=O) groups excluding carboxylic acids is 1. The number of ether oxygens (including phenoxy) is 1. The minimum atomic E-state index is -0.0730. The first-order valence-electron chi connectivity index (χ1n) is 7.01. The maximum atomic E-state index is 11.5. The molecular formula is C17H20N2O2. The number of amides is 1. The largest absolute Gasteiger partial charge is 0.492 e. The molecule has 0 heterocycles. The zero-order valence-corrected chi connectivity index (χ0v) is 12.3. The molecular weight excluding hydrogens is 264 g/mol. The number of nitrogens with one attached hydrogen (secondary N) is 2. The summed E-state index contributed by atoms with van der Waals surface area (Å²) < 4.78 is 5.58. The summed E-state index contributed by atoms with van der Waals surface area (Å²) in [7, 11) is 1.63. The van der Waals surface area contributed by atoms with Crippen LogP contribution in [0.2, 0.25) is 0 Å². The van der Waals surface area contributed by atoms with Crippen LogP contribution in [-0.2, 0) is 6.54 Å². The Labute approximate surface area is 125 Å². The van der Waals surface area contributed by atoms with Crippen molar-refractivity contribution in [2.75, 3.05) is 19.0 Å². The topological polar surface area (TPSA) is 50.4 Å². The molecule has 110 valence electrons. The Morgan fingerprint density at radius 1 is 1.10 bits per heavy atom. The predicted octanol–water partition coefficient (Wildman–Crippen LogP) is 3.06. The molecule has 0 fully saturated rings. The summed E-state index contributed by atoms with van der Waals surface area (Å²) in [5, 5.41) is 5.96. The Morgan fingerprint density at radius 3 is 2.48 bits per heavy atom. The van der Waals surface area contributed by atoms with E-state index in [-0.39, 0.29) is 5.91 Å². The van der Waals surface area contributed by atoms with Crippen LogP contribution >= 0.6 is 0 Å². The third kappa shape index (κ3) is 3.99. The molecule has 0 atom stereocenters. The molecule has 21 heavy (non-hydrogen) atoms. The maximum Gasteiger partial charge on any atom is 0.251 e. The van der Waals surface area contributed by atoms with Gasteiger partial charge in [-0.2, -0.15) is 0 Å². The van der Waals surface area contributed by atoms with Crippen molar-refractivity contribution in [3.05, 3.63) is 59.7 Å². The van der Waals surface area contributed by atoms with Gasteiger partial charge in [-0.3, -0.25) is 4.79 Å². The fraction of sp³-hybridized carbons (Fsp3) is 0.235. The summed E-state index contributed by atoms with van der Waals surface area (Å²) in [4.78, 5) is 11.5. The number of hydrogen-bond donors (Lipinski definition) is 2. The second-order valence-electron chi connectivity index (χ2n) is 4.56. The van der Waals surface area contributed by atoms with E-state index in [1.807, 2.05) is 55.5 Å². The second kappa shape index (κ2) is 7.33. The molecule has 0 aliphatic carbocycles. The molecule has 0 saturated carbocycles. The van der Waals surface area contributed by atoms with Crippen molar-refractivity contribution >= 4 is 11.6 Å². The molecule has 4 nitrogen and oxygen atoms in total. The lowest BCUT2D eigenvalue weighted by molar-refractivity contribution is 0.0963. The monoisotopic (exact) mass is 284 g/mol. The zero-order valence-electron chi connectivity index (χ0n) is 12.3. The molecule has 0 spiro atoms. The second-order valence-corrected chi connectivity index (χ2v) is 4.56. The normalized spacial score (nSPS) is 10.0. The van der Waals surface area contributed by atoms with Crippen LogP contribution < -0.4 is 15.4 Å². The molecule has 2 aromatic rings. The molecule has 0 unspecified atom stereocenters. The van der Waals surface area contributed by atoms with Gasteiger partial charge < -0.3 is 15.4 Å². The van der Waals surface area contributed by atoms with E-state index < -0.39 is 0 Å².